The van der Waals surface area contributed by atoms with E-state index in [1.165, 1.54) is 6.92 Å². The van der Waals surface area contributed by atoms with Crippen LogP contribution < -0.4 is 19.9 Å². The number of anilines is 1. The second-order valence-corrected chi connectivity index (χ2v) is 5.86. The molecule has 0 aromatic heterocycles. The van der Waals surface area contributed by atoms with Crippen LogP contribution in [-0.4, -0.2) is 30.5 Å². The van der Waals surface area contributed by atoms with Crippen molar-refractivity contribution < 1.29 is 14.3 Å². The number of fused-ring (bicyclic) bond motifs is 1. The fourth-order valence-electron chi connectivity index (χ4n) is 2.92. The summed E-state index contributed by atoms with van der Waals surface area (Å²) in [4.78, 5) is 11.9. The molecule has 0 aliphatic carbocycles. The molecule has 0 bridgehead atoms. The lowest BCUT2D eigenvalue weighted by molar-refractivity contribution is -0.112. The summed E-state index contributed by atoms with van der Waals surface area (Å²) in [6.45, 7) is 1.73. The van der Waals surface area contributed by atoms with E-state index in [0.29, 0.717) is 11.6 Å². The number of hydrazine groups is 1. The minimum atomic E-state index is -0.287. The molecule has 0 saturated carbocycles. The second kappa shape index (κ2) is 6.10. The number of nitrogens with zero attached hydrogens (tertiary/aromatic N) is 3. The number of para-hydroxylation sites is 1. The predicted octanol–water partition coefficient (Wildman–Crippen LogP) is 2.27. The van der Waals surface area contributed by atoms with Crippen molar-refractivity contribution in [2.45, 2.75) is 13.1 Å². The highest BCUT2D eigenvalue weighted by molar-refractivity contribution is 6.37. The number of amidine groups is 1. The van der Waals surface area contributed by atoms with Gasteiger partial charge in [0.2, 0.25) is 12.6 Å². The van der Waals surface area contributed by atoms with Gasteiger partial charge in [0.25, 0.3) is 0 Å². The van der Waals surface area contributed by atoms with Crippen LogP contribution in [0.15, 0.2) is 53.6 Å². The Morgan fingerprint density at radius 3 is 2.68 bits per heavy atom. The first kappa shape index (κ1) is 15.5. The molecule has 2 heterocycles. The Hall–Kier alpha value is -3.06. The van der Waals surface area contributed by atoms with Gasteiger partial charge in [-0.25, -0.2) is 10.4 Å². The van der Waals surface area contributed by atoms with Crippen LogP contribution in [0.4, 0.5) is 5.69 Å². The van der Waals surface area contributed by atoms with Crippen molar-refractivity contribution in [1.82, 2.24) is 10.4 Å². The average Bonchev–Trinajstić information content (AvgIpc) is 3.09. The topological polar surface area (TPSA) is 66.4 Å². The largest absolute Gasteiger partial charge is 0.454 e. The van der Waals surface area contributed by atoms with Gasteiger partial charge in [-0.1, -0.05) is 24.3 Å². The van der Waals surface area contributed by atoms with Gasteiger partial charge in [-0.2, -0.15) is 0 Å². The Labute approximate surface area is 145 Å². The lowest BCUT2D eigenvalue weighted by Gasteiger charge is -2.39. The van der Waals surface area contributed by atoms with Gasteiger partial charge in [0.05, 0.1) is 5.69 Å². The fraction of sp³-hybridized carbons (Fsp3) is 0.222. The van der Waals surface area contributed by atoms with Crippen molar-refractivity contribution in [1.29, 1.82) is 0 Å². The highest BCUT2D eigenvalue weighted by Crippen LogP contribution is 2.36. The molecule has 2 aromatic carbocycles. The average molecular weight is 338 g/mol. The minimum absolute atomic E-state index is 0.111. The molecular formula is C18H18N4O3. The zero-order valence-electron chi connectivity index (χ0n) is 14.0. The van der Waals surface area contributed by atoms with Crippen molar-refractivity contribution in [3.05, 3.63) is 54.1 Å². The SMILES string of the molecule is CC(=O)C1=NN(c2ccccc2)[C@@H](c2ccc3c(c2)OCO3)NN1C. The van der Waals surface area contributed by atoms with E-state index >= 15 is 0 Å². The number of ether oxygens (including phenoxy) is 2. The fourth-order valence-corrected chi connectivity index (χ4v) is 2.92. The summed E-state index contributed by atoms with van der Waals surface area (Å²) in [6, 6.07) is 15.5. The number of nitrogens with one attached hydrogen (secondary N) is 1. The number of ketones is 1. The number of hydrogen-bond donors (Lipinski definition) is 1. The van der Waals surface area contributed by atoms with Crippen molar-refractivity contribution >= 4 is 17.3 Å². The third kappa shape index (κ3) is 2.78. The van der Waals surface area contributed by atoms with E-state index in [1.54, 1.807) is 17.1 Å². The van der Waals surface area contributed by atoms with Gasteiger partial charge in [-0.15, -0.1) is 5.10 Å². The maximum Gasteiger partial charge on any atom is 0.231 e. The van der Waals surface area contributed by atoms with Crippen LogP contribution in [0.25, 0.3) is 0 Å². The Bertz CT molecular complexity index is 837. The zero-order valence-corrected chi connectivity index (χ0v) is 14.0. The molecule has 4 rings (SSSR count). The van der Waals surface area contributed by atoms with Gasteiger partial charge < -0.3 is 9.47 Å². The van der Waals surface area contributed by atoms with Gasteiger partial charge in [0.15, 0.2) is 17.3 Å². The lowest BCUT2D eigenvalue weighted by atomic mass is 10.1. The summed E-state index contributed by atoms with van der Waals surface area (Å²) >= 11 is 0. The third-order valence-corrected chi connectivity index (χ3v) is 4.13. The molecule has 0 fully saturated rings. The molecule has 0 spiro atoms. The summed E-state index contributed by atoms with van der Waals surface area (Å²) < 4.78 is 10.9. The van der Waals surface area contributed by atoms with E-state index in [0.717, 1.165) is 17.0 Å². The Balaban J connectivity index is 1.78. The maximum absolute atomic E-state index is 11.9. The molecule has 2 aliphatic heterocycles. The van der Waals surface area contributed by atoms with Gasteiger partial charge in [0.1, 0.15) is 6.17 Å². The molecule has 0 amide bonds. The smallest absolute Gasteiger partial charge is 0.231 e. The Morgan fingerprint density at radius 1 is 1.16 bits per heavy atom. The summed E-state index contributed by atoms with van der Waals surface area (Å²) in [5.74, 6) is 1.67. The first-order valence-corrected chi connectivity index (χ1v) is 7.97. The van der Waals surface area contributed by atoms with Crippen LogP contribution in [0.1, 0.15) is 18.7 Å². The van der Waals surface area contributed by atoms with Gasteiger partial charge in [0, 0.05) is 14.0 Å². The van der Waals surface area contributed by atoms with E-state index in [9.17, 15) is 4.79 Å². The number of hydrogen-bond acceptors (Lipinski definition) is 7. The number of rotatable bonds is 3. The molecule has 1 atom stereocenters. The second-order valence-electron chi connectivity index (χ2n) is 5.86. The normalized spacial score (nSPS) is 19.0. The molecule has 25 heavy (non-hydrogen) atoms. The summed E-state index contributed by atoms with van der Waals surface area (Å²) in [5, 5.41) is 8.03. The molecule has 7 nitrogen and oxygen atoms in total. The van der Waals surface area contributed by atoms with Crippen molar-refractivity contribution in [2.24, 2.45) is 5.10 Å². The predicted molar refractivity (Wildman–Crippen MR) is 93.2 cm³/mol. The van der Waals surface area contributed by atoms with Gasteiger partial charge in [-0.05, 0) is 29.8 Å². The van der Waals surface area contributed by atoms with E-state index < -0.39 is 0 Å². The minimum Gasteiger partial charge on any atom is -0.454 e. The number of Topliss-reactive ketones (excluding diaryl/α,β-unsaturated/α-hetero) is 1. The van der Waals surface area contributed by atoms with E-state index in [-0.39, 0.29) is 18.7 Å². The van der Waals surface area contributed by atoms with E-state index in [1.807, 2.05) is 48.5 Å². The van der Waals surface area contributed by atoms with Gasteiger partial charge in [-0.3, -0.25) is 9.80 Å². The number of likely N-dealkylation sites (N-methyl/N-ethyl adjacent to an activating group) is 1. The number of benzene rings is 2. The molecule has 0 radical (unpaired) electrons. The highest BCUT2D eigenvalue weighted by atomic mass is 16.7. The number of carbonyl (C=O) groups excluding carboxylic acids is 1. The zero-order chi connectivity index (χ0) is 17.4. The molecule has 2 aromatic rings. The molecule has 128 valence electrons. The van der Waals surface area contributed by atoms with Crippen LogP contribution in [0.2, 0.25) is 0 Å². The third-order valence-electron chi connectivity index (χ3n) is 4.13. The Kier molecular flexibility index (Phi) is 3.77. The van der Waals surface area contributed by atoms with Crippen molar-refractivity contribution in [3.63, 3.8) is 0 Å². The van der Waals surface area contributed by atoms with Crippen molar-refractivity contribution in [3.8, 4) is 11.5 Å². The molecule has 1 N–H and O–H groups in total. The molecular weight excluding hydrogens is 320 g/mol. The lowest BCUT2D eigenvalue weighted by Crippen LogP contribution is -2.54. The first-order valence-electron chi connectivity index (χ1n) is 7.97. The standard InChI is InChI=1S/C18H18N4O3/c1-12(23)17-20-22(14-6-4-3-5-7-14)18(19-21(17)2)13-8-9-15-16(10-13)25-11-24-15/h3-10,18-19H,11H2,1-2H3/t18-/m0/s1. The number of carbonyl (C=O) groups is 1. The molecule has 0 unspecified atom stereocenters. The quantitative estimate of drug-likeness (QED) is 0.926. The highest BCUT2D eigenvalue weighted by Gasteiger charge is 2.31. The first-order chi connectivity index (χ1) is 12.1. The van der Waals surface area contributed by atoms with E-state index in [4.69, 9.17) is 9.47 Å². The summed E-state index contributed by atoms with van der Waals surface area (Å²) in [7, 11) is 1.78. The number of hydrazone groups is 1. The van der Waals surface area contributed by atoms with Crippen molar-refractivity contribution in [2.75, 3.05) is 18.8 Å². The molecule has 2 aliphatic rings. The monoisotopic (exact) mass is 338 g/mol. The summed E-state index contributed by atoms with van der Waals surface area (Å²) in [6.07, 6.45) is -0.287. The van der Waals surface area contributed by atoms with Gasteiger partial charge >= 0.3 is 0 Å². The Morgan fingerprint density at radius 2 is 1.92 bits per heavy atom. The maximum atomic E-state index is 11.9. The summed E-state index contributed by atoms with van der Waals surface area (Å²) in [5.41, 5.74) is 5.14. The van der Waals surface area contributed by atoms with Crippen LogP contribution in [0, 0.1) is 0 Å². The van der Waals surface area contributed by atoms with Crippen LogP contribution >= 0.6 is 0 Å². The van der Waals surface area contributed by atoms with Crippen LogP contribution in [-0.2, 0) is 4.79 Å². The van der Waals surface area contributed by atoms with Crippen LogP contribution in [0.3, 0.4) is 0 Å². The molecule has 7 heteroatoms. The molecule has 0 saturated heterocycles. The van der Waals surface area contributed by atoms with Crippen LogP contribution in [0.5, 0.6) is 11.5 Å². The van der Waals surface area contributed by atoms with E-state index in [2.05, 4.69) is 10.5 Å².